The molecule has 2 saturated heterocycles. The van der Waals surface area contributed by atoms with Crippen LogP contribution in [-0.2, 0) is 0 Å². The van der Waals surface area contributed by atoms with Crippen LogP contribution in [0.4, 0.5) is 5.82 Å². The van der Waals surface area contributed by atoms with Crippen LogP contribution in [0.25, 0.3) is 21.2 Å². The summed E-state index contributed by atoms with van der Waals surface area (Å²) in [5, 5.41) is 6.74. The molecule has 1 aliphatic carbocycles. The van der Waals surface area contributed by atoms with Crippen molar-refractivity contribution in [3.05, 3.63) is 77.6 Å². The van der Waals surface area contributed by atoms with Crippen molar-refractivity contribution >= 4 is 33.8 Å². The van der Waals surface area contributed by atoms with Gasteiger partial charge in [-0.2, -0.15) is 0 Å². The Bertz CT molecular complexity index is 1310. The number of pyridine rings is 1. The molecule has 0 radical (unpaired) electrons. The fourth-order valence-corrected chi connectivity index (χ4v) is 6.23. The second kappa shape index (κ2) is 8.27. The maximum absolute atomic E-state index is 13.9. The molecule has 1 unspecified atom stereocenters. The molecule has 2 bridgehead atoms. The molecule has 1 saturated carbocycles. The maximum Gasteiger partial charge on any atom is 0.274 e. The predicted molar refractivity (Wildman–Crippen MR) is 134 cm³/mol. The van der Waals surface area contributed by atoms with Gasteiger partial charge in [0, 0.05) is 30.2 Å². The summed E-state index contributed by atoms with van der Waals surface area (Å²) in [6.45, 7) is 2.68. The second-order valence-corrected chi connectivity index (χ2v) is 10.4. The van der Waals surface area contributed by atoms with Crippen molar-refractivity contribution in [1.82, 2.24) is 14.9 Å². The third-order valence-corrected chi connectivity index (χ3v) is 7.98. The molecule has 166 valence electrons. The number of hydrogen-bond donors (Lipinski definition) is 1. The van der Waals surface area contributed by atoms with E-state index in [0.717, 1.165) is 51.8 Å². The van der Waals surface area contributed by atoms with E-state index in [-0.39, 0.29) is 11.9 Å². The first kappa shape index (κ1) is 20.4. The van der Waals surface area contributed by atoms with Gasteiger partial charge in [0.15, 0.2) is 0 Å². The van der Waals surface area contributed by atoms with Gasteiger partial charge in [-0.3, -0.25) is 4.79 Å². The highest BCUT2D eigenvalue weighted by Gasteiger charge is 2.47. The van der Waals surface area contributed by atoms with Crippen molar-refractivity contribution < 1.29 is 4.79 Å². The summed E-state index contributed by atoms with van der Waals surface area (Å²) >= 11 is 1.60. The average molecular weight is 455 g/mol. The van der Waals surface area contributed by atoms with Crippen molar-refractivity contribution in [3.8, 4) is 10.4 Å². The van der Waals surface area contributed by atoms with Crippen LogP contribution in [0, 0.1) is 12.8 Å². The molecule has 1 N–H and O–H groups in total. The largest absolute Gasteiger partial charge is 0.368 e. The van der Waals surface area contributed by atoms with Gasteiger partial charge >= 0.3 is 0 Å². The van der Waals surface area contributed by atoms with Gasteiger partial charge < -0.3 is 10.2 Å². The van der Waals surface area contributed by atoms with Crippen LogP contribution in [0.15, 0.2) is 66.9 Å². The first-order valence-corrected chi connectivity index (χ1v) is 12.4. The zero-order valence-electron chi connectivity index (χ0n) is 18.6. The Balaban J connectivity index is 1.26. The lowest BCUT2D eigenvalue weighted by molar-refractivity contribution is -0.0144. The van der Waals surface area contributed by atoms with E-state index in [1.165, 1.54) is 5.39 Å². The maximum atomic E-state index is 13.9. The summed E-state index contributed by atoms with van der Waals surface area (Å²) in [6.07, 6.45) is 5.16. The number of aryl methyl sites for hydroxylation is 1. The third kappa shape index (κ3) is 3.78. The Hall–Kier alpha value is -3.25. The lowest BCUT2D eigenvalue weighted by atomic mass is 9.70. The number of aromatic nitrogens is 2. The number of carbonyl (C=O) groups excluding carboxylic acids is 1. The molecule has 5 nitrogen and oxygen atoms in total. The Morgan fingerprint density at radius 3 is 2.64 bits per heavy atom. The number of nitrogens with zero attached hydrogens (tertiary/aromatic N) is 3. The molecule has 4 aromatic rings. The van der Waals surface area contributed by atoms with Gasteiger partial charge in [-0.25, -0.2) is 9.97 Å². The molecule has 7 rings (SSSR count). The summed E-state index contributed by atoms with van der Waals surface area (Å²) in [7, 11) is 0. The quantitative estimate of drug-likeness (QED) is 0.416. The number of thiazole rings is 1. The molecule has 0 spiro atoms. The molecule has 6 heteroatoms. The molecule has 3 fully saturated rings. The van der Waals surface area contributed by atoms with Gasteiger partial charge in [-0.15, -0.1) is 11.3 Å². The monoisotopic (exact) mass is 454 g/mol. The van der Waals surface area contributed by atoms with E-state index in [0.29, 0.717) is 18.3 Å². The summed E-state index contributed by atoms with van der Waals surface area (Å²) in [6, 6.07) is 20.9. The standard InChI is InChI=1S/C27H26N4OS/c1-17-30-25(26(33-17)19-7-3-2-4-8-19)27(32)31-22-11-18(12-22)13-23(31)16-29-24-14-20-9-5-6-10-21(20)15-28-24/h2-10,14-15,18,22-23H,11-13,16H2,1H3,(H,28,29). The van der Waals surface area contributed by atoms with Gasteiger partial charge in [0.2, 0.25) is 0 Å². The zero-order valence-corrected chi connectivity index (χ0v) is 19.4. The lowest BCUT2D eigenvalue weighted by Gasteiger charge is -2.53. The van der Waals surface area contributed by atoms with Gasteiger partial charge in [0.25, 0.3) is 5.91 Å². The molecular weight excluding hydrogens is 428 g/mol. The van der Waals surface area contributed by atoms with Crippen molar-refractivity contribution in [2.75, 3.05) is 11.9 Å². The van der Waals surface area contributed by atoms with E-state index < -0.39 is 0 Å². The minimum atomic E-state index is 0.0691. The van der Waals surface area contributed by atoms with Gasteiger partial charge in [-0.1, -0.05) is 54.6 Å². The van der Waals surface area contributed by atoms with Crippen molar-refractivity contribution in [3.63, 3.8) is 0 Å². The van der Waals surface area contributed by atoms with Gasteiger partial charge in [0.05, 0.1) is 9.88 Å². The number of hydrogen-bond acceptors (Lipinski definition) is 5. The molecular formula is C27H26N4OS. The topological polar surface area (TPSA) is 58.1 Å². The highest BCUT2D eigenvalue weighted by atomic mass is 32.1. The number of carbonyl (C=O) groups is 1. The first-order chi connectivity index (χ1) is 16.2. The average Bonchev–Trinajstić information content (AvgIpc) is 3.23. The smallest absolute Gasteiger partial charge is 0.274 e. The van der Waals surface area contributed by atoms with Crippen LogP contribution in [-0.4, -0.2) is 39.4 Å². The van der Waals surface area contributed by atoms with Crippen LogP contribution < -0.4 is 5.32 Å². The second-order valence-electron chi connectivity index (χ2n) is 9.17. The van der Waals surface area contributed by atoms with E-state index in [2.05, 4.69) is 45.5 Å². The van der Waals surface area contributed by atoms with E-state index in [1.54, 1.807) is 11.3 Å². The van der Waals surface area contributed by atoms with E-state index >= 15 is 0 Å². The van der Waals surface area contributed by atoms with Crippen molar-refractivity contribution in [2.45, 2.75) is 38.3 Å². The minimum Gasteiger partial charge on any atom is -0.368 e. The van der Waals surface area contributed by atoms with E-state index in [4.69, 9.17) is 4.98 Å². The van der Waals surface area contributed by atoms with Gasteiger partial charge in [-0.05, 0) is 49.1 Å². The Kier molecular flexibility index (Phi) is 5.10. The van der Waals surface area contributed by atoms with Crippen molar-refractivity contribution in [2.24, 2.45) is 5.92 Å². The highest BCUT2D eigenvalue weighted by Crippen LogP contribution is 2.44. The predicted octanol–water partition coefficient (Wildman–Crippen LogP) is 5.77. The van der Waals surface area contributed by atoms with Crippen LogP contribution in [0.3, 0.4) is 0 Å². The van der Waals surface area contributed by atoms with Crippen LogP contribution in [0.2, 0.25) is 0 Å². The molecule has 1 atom stereocenters. The Morgan fingerprint density at radius 1 is 1.06 bits per heavy atom. The molecule has 2 aromatic heterocycles. The minimum absolute atomic E-state index is 0.0691. The number of nitrogens with one attached hydrogen (secondary N) is 1. The summed E-state index contributed by atoms with van der Waals surface area (Å²) in [5.74, 6) is 1.65. The number of anilines is 1. The number of benzene rings is 2. The van der Waals surface area contributed by atoms with Crippen LogP contribution in [0.1, 0.15) is 34.8 Å². The SMILES string of the molecule is Cc1nc(C(=O)N2C(CNc3cc4ccccc4cn3)CC3CC2C3)c(-c2ccccc2)s1. The fourth-order valence-electron chi connectivity index (χ4n) is 5.31. The zero-order chi connectivity index (χ0) is 22.4. The van der Waals surface area contributed by atoms with Crippen molar-refractivity contribution in [1.29, 1.82) is 0 Å². The van der Waals surface area contributed by atoms with Crippen LogP contribution in [0.5, 0.6) is 0 Å². The molecule has 2 aromatic carbocycles. The van der Waals surface area contributed by atoms with Crippen LogP contribution >= 0.6 is 11.3 Å². The summed E-state index contributed by atoms with van der Waals surface area (Å²) < 4.78 is 0. The fraction of sp³-hybridized carbons (Fsp3) is 0.296. The number of amides is 1. The Morgan fingerprint density at radius 2 is 1.82 bits per heavy atom. The molecule has 2 aliphatic heterocycles. The van der Waals surface area contributed by atoms with E-state index in [9.17, 15) is 4.79 Å². The third-order valence-electron chi connectivity index (χ3n) is 6.96. The number of fused-ring (bicyclic) bond motifs is 3. The van der Waals surface area contributed by atoms with E-state index in [1.807, 2.05) is 43.5 Å². The molecule has 1 amide bonds. The summed E-state index contributed by atoms with van der Waals surface area (Å²) in [5.41, 5.74) is 1.66. The van der Waals surface area contributed by atoms with Gasteiger partial charge in [0.1, 0.15) is 11.5 Å². The lowest BCUT2D eigenvalue weighted by Crippen LogP contribution is -2.60. The number of piperidine rings is 2. The summed E-state index contributed by atoms with van der Waals surface area (Å²) in [4.78, 5) is 26.2. The Labute approximate surface area is 197 Å². The number of rotatable bonds is 5. The highest BCUT2D eigenvalue weighted by molar-refractivity contribution is 7.15. The molecule has 4 heterocycles. The molecule has 33 heavy (non-hydrogen) atoms. The molecule has 3 aliphatic rings. The normalized spacial score (nSPS) is 21.6. The first-order valence-electron chi connectivity index (χ1n) is 11.6.